The maximum atomic E-state index is 12.7. The number of halogens is 1. The van der Waals surface area contributed by atoms with E-state index in [1.54, 1.807) is 26.4 Å². The second-order valence-corrected chi connectivity index (χ2v) is 5.71. The third-order valence-electron chi connectivity index (χ3n) is 3.73. The lowest BCUT2D eigenvalue weighted by molar-refractivity contribution is 0.0780. The zero-order valence-electron chi connectivity index (χ0n) is 11.9. The monoisotopic (exact) mass is 341 g/mol. The molecular formula is C15H20BrNO3. The minimum atomic E-state index is -0.00336. The van der Waals surface area contributed by atoms with Gasteiger partial charge < -0.3 is 14.4 Å². The zero-order chi connectivity index (χ0) is 14.5. The third kappa shape index (κ3) is 3.08. The zero-order valence-corrected chi connectivity index (χ0v) is 13.5. The first-order valence-corrected chi connectivity index (χ1v) is 7.89. The molecule has 2 rings (SSSR count). The highest BCUT2D eigenvalue weighted by Gasteiger charge is 2.29. The first-order valence-electron chi connectivity index (χ1n) is 6.77. The van der Waals surface area contributed by atoms with E-state index in [0.29, 0.717) is 23.0 Å². The van der Waals surface area contributed by atoms with Crippen LogP contribution >= 0.6 is 15.9 Å². The first-order chi connectivity index (χ1) is 9.71. The largest absolute Gasteiger partial charge is 0.496 e. The molecule has 20 heavy (non-hydrogen) atoms. The van der Waals surface area contributed by atoms with Crippen molar-refractivity contribution in [1.29, 1.82) is 0 Å². The topological polar surface area (TPSA) is 38.8 Å². The van der Waals surface area contributed by atoms with Crippen molar-refractivity contribution in [3.63, 3.8) is 0 Å². The normalized spacial score (nSPS) is 18.1. The van der Waals surface area contributed by atoms with Crippen molar-refractivity contribution in [3.8, 4) is 11.5 Å². The summed E-state index contributed by atoms with van der Waals surface area (Å²) in [6, 6.07) is 5.41. The lowest BCUT2D eigenvalue weighted by Gasteiger charge is -2.19. The van der Waals surface area contributed by atoms with Crippen molar-refractivity contribution in [3.05, 3.63) is 23.8 Å². The van der Waals surface area contributed by atoms with Crippen LogP contribution in [-0.4, -0.2) is 43.4 Å². The molecule has 1 aromatic rings. The van der Waals surface area contributed by atoms with Gasteiger partial charge in [-0.05, 0) is 30.9 Å². The smallest absolute Gasteiger partial charge is 0.261 e. The van der Waals surface area contributed by atoms with E-state index in [-0.39, 0.29) is 5.91 Å². The molecule has 1 aliphatic heterocycles. The molecular weight excluding hydrogens is 322 g/mol. The summed E-state index contributed by atoms with van der Waals surface area (Å²) in [5.41, 5.74) is 0.525. The van der Waals surface area contributed by atoms with Gasteiger partial charge in [-0.1, -0.05) is 22.0 Å². The molecule has 1 fully saturated rings. The van der Waals surface area contributed by atoms with Gasteiger partial charge in [0.15, 0.2) is 0 Å². The van der Waals surface area contributed by atoms with Crippen LogP contribution in [0.15, 0.2) is 18.2 Å². The second-order valence-electron chi connectivity index (χ2n) is 4.92. The Bertz CT molecular complexity index is 456. The number of hydrogen-bond donors (Lipinski definition) is 0. The molecule has 1 aromatic carbocycles. The average molecular weight is 342 g/mol. The van der Waals surface area contributed by atoms with E-state index in [1.807, 2.05) is 11.0 Å². The van der Waals surface area contributed by atoms with Gasteiger partial charge in [0.2, 0.25) is 0 Å². The highest BCUT2D eigenvalue weighted by atomic mass is 79.9. The molecule has 5 heteroatoms. The Balaban J connectivity index is 2.21. The van der Waals surface area contributed by atoms with Gasteiger partial charge in [0.25, 0.3) is 5.91 Å². The number of likely N-dealkylation sites (tertiary alicyclic amines) is 1. The van der Waals surface area contributed by atoms with Gasteiger partial charge in [-0.25, -0.2) is 0 Å². The first kappa shape index (κ1) is 15.2. The van der Waals surface area contributed by atoms with Gasteiger partial charge in [-0.15, -0.1) is 0 Å². The number of amides is 1. The summed E-state index contributed by atoms with van der Waals surface area (Å²) in [5.74, 6) is 1.71. The molecule has 1 unspecified atom stereocenters. The number of methoxy groups -OCH3 is 2. The predicted octanol–water partition coefficient (Wildman–Crippen LogP) is 2.95. The molecule has 1 aliphatic rings. The number of rotatable bonds is 5. The lowest BCUT2D eigenvalue weighted by Crippen LogP contribution is -2.29. The molecule has 0 bridgehead atoms. The van der Waals surface area contributed by atoms with E-state index in [1.165, 1.54) is 0 Å². The maximum Gasteiger partial charge on any atom is 0.261 e. The molecule has 4 nitrogen and oxygen atoms in total. The summed E-state index contributed by atoms with van der Waals surface area (Å²) in [5, 5.41) is 0.984. The van der Waals surface area contributed by atoms with E-state index in [4.69, 9.17) is 9.47 Å². The van der Waals surface area contributed by atoms with Gasteiger partial charge >= 0.3 is 0 Å². The van der Waals surface area contributed by atoms with Crippen LogP contribution in [0.2, 0.25) is 0 Å². The summed E-state index contributed by atoms with van der Waals surface area (Å²) in [4.78, 5) is 14.6. The van der Waals surface area contributed by atoms with Crippen molar-refractivity contribution in [2.75, 3.05) is 32.6 Å². The van der Waals surface area contributed by atoms with Gasteiger partial charge in [0.05, 0.1) is 14.2 Å². The second kappa shape index (κ2) is 6.97. The molecule has 1 heterocycles. The fourth-order valence-electron chi connectivity index (χ4n) is 2.63. The Morgan fingerprint density at radius 3 is 2.55 bits per heavy atom. The van der Waals surface area contributed by atoms with Crippen molar-refractivity contribution >= 4 is 21.8 Å². The maximum absolute atomic E-state index is 12.7. The molecule has 1 atom stereocenters. The summed E-state index contributed by atoms with van der Waals surface area (Å²) in [6.07, 6.45) is 2.17. The number of benzene rings is 1. The number of alkyl halides is 1. The van der Waals surface area contributed by atoms with Crippen LogP contribution in [0, 0.1) is 5.92 Å². The Kier molecular flexibility index (Phi) is 5.29. The van der Waals surface area contributed by atoms with Crippen LogP contribution in [0.3, 0.4) is 0 Å². The Hall–Kier alpha value is -1.23. The van der Waals surface area contributed by atoms with E-state index in [9.17, 15) is 4.79 Å². The van der Waals surface area contributed by atoms with Crippen molar-refractivity contribution < 1.29 is 14.3 Å². The van der Waals surface area contributed by atoms with Gasteiger partial charge in [-0.2, -0.15) is 0 Å². The number of hydrogen-bond acceptors (Lipinski definition) is 3. The standard InChI is InChI=1S/C15H20BrNO3/c1-19-12-4-3-5-13(20-2)14(12)15(18)17-9-7-11(10-17)6-8-16/h3-5,11H,6-10H2,1-2H3. The predicted molar refractivity (Wildman–Crippen MR) is 82.0 cm³/mol. The quantitative estimate of drug-likeness (QED) is 0.773. The summed E-state index contributed by atoms with van der Waals surface area (Å²) in [7, 11) is 3.15. The lowest BCUT2D eigenvalue weighted by atomic mass is 10.1. The third-order valence-corrected chi connectivity index (χ3v) is 4.19. The Morgan fingerprint density at radius 1 is 1.35 bits per heavy atom. The molecule has 1 amide bonds. The molecule has 1 saturated heterocycles. The summed E-state index contributed by atoms with van der Waals surface area (Å²) in [6.45, 7) is 1.61. The molecule has 0 spiro atoms. The molecule has 0 aromatic heterocycles. The van der Waals surface area contributed by atoms with Crippen LogP contribution in [0.25, 0.3) is 0 Å². The molecule has 0 N–H and O–H groups in total. The van der Waals surface area contributed by atoms with Crippen LogP contribution in [0.5, 0.6) is 11.5 Å². The van der Waals surface area contributed by atoms with Crippen molar-refractivity contribution in [1.82, 2.24) is 4.90 Å². The number of nitrogens with zero attached hydrogens (tertiary/aromatic N) is 1. The van der Waals surface area contributed by atoms with Crippen LogP contribution < -0.4 is 9.47 Å². The van der Waals surface area contributed by atoms with E-state index in [0.717, 1.165) is 31.3 Å². The highest BCUT2D eigenvalue weighted by Crippen LogP contribution is 2.31. The van der Waals surface area contributed by atoms with Gasteiger partial charge in [0.1, 0.15) is 17.1 Å². The van der Waals surface area contributed by atoms with Crippen LogP contribution in [0.1, 0.15) is 23.2 Å². The number of carbonyl (C=O) groups is 1. The van der Waals surface area contributed by atoms with Crippen LogP contribution in [0.4, 0.5) is 0 Å². The number of carbonyl (C=O) groups excluding carboxylic acids is 1. The Labute approximate surface area is 128 Å². The molecule has 0 aliphatic carbocycles. The molecule has 110 valence electrons. The summed E-state index contributed by atoms with van der Waals surface area (Å²) < 4.78 is 10.6. The minimum Gasteiger partial charge on any atom is -0.496 e. The SMILES string of the molecule is COc1cccc(OC)c1C(=O)N1CCC(CCBr)C1. The summed E-state index contributed by atoms with van der Waals surface area (Å²) >= 11 is 3.46. The van der Waals surface area contributed by atoms with E-state index >= 15 is 0 Å². The fourth-order valence-corrected chi connectivity index (χ4v) is 3.27. The van der Waals surface area contributed by atoms with E-state index < -0.39 is 0 Å². The fraction of sp³-hybridized carbons (Fsp3) is 0.533. The minimum absolute atomic E-state index is 0.00336. The Morgan fingerprint density at radius 2 is 2.00 bits per heavy atom. The van der Waals surface area contributed by atoms with Crippen molar-refractivity contribution in [2.24, 2.45) is 5.92 Å². The molecule has 0 saturated carbocycles. The van der Waals surface area contributed by atoms with E-state index in [2.05, 4.69) is 15.9 Å². The van der Waals surface area contributed by atoms with Gasteiger partial charge in [-0.3, -0.25) is 4.79 Å². The number of ether oxygens (including phenoxy) is 2. The van der Waals surface area contributed by atoms with Crippen LogP contribution in [-0.2, 0) is 0 Å². The molecule has 0 radical (unpaired) electrons. The highest BCUT2D eigenvalue weighted by molar-refractivity contribution is 9.09. The van der Waals surface area contributed by atoms with Gasteiger partial charge in [0, 0.05) is 18.4 Å². The average Bonchev–Trinajstić information content (AvgIpc) is 2.94. The van der Waals surface area contributed by atoms with Crippen molar-refractivity contribution in [2.45, 2.75) is 12.8 Å².